The number of allylic oxidation sites excluding steroid dienone is 9. The SMILES string of the molecule is C=C1/C(=C/C2=CC=CCC2N2CCNCC2)CC(=C/C)/C1=C\C=C\N. The summed E-state index contributed by atoms with van der Waals surface area (Å²) in [6.07, 6.45) is 18.9. The molecule has 0 spiro atoms. The van der Waals surface area contributed by atoms with Crippen LogP contribution in [0.3, 0.4) is 0 Å². The van der Waals surface area contributed by atoms with Crippen LogP contribution in [0.1, 0.15) is 19.8 Å². The molecule has 0 radical (unpaired) electrons. The molecular weight excluding hydrogens is 306 g/mol. The first kappa shape index (κ1) is 17.7. The number of nitrogens with two attached hydrogens (primary N) is 1. The lowest BCUT2D eigenvalue weighted by Gasteiger charge is -2.36. The second-order valence-electron chi connectivity index (χ2n) is 6.74. The van der Waals surface area contributed by atoms with Crippen LogP contribution in [-0.2, 0) is 0 Å². The molecule has 0 aromatic heterocycles. The molecule has 1 heterocycles. The molecule has 3 heteroatoms. The van der Waals surface area contributed by atoms with Crippen molar-refractivity contribution in [3.8, 4) is 0 Å². The zero-order chi connectivity index (χ0) is 17.6. The summed E-state index contributed by atoms with van der Waals surface area (Å²) in [4.78, 5) is 2.60. The Hall–Kier alpha value is -2.10. The smallest absolute Gasteiger partial charge is 0.0383 e. The molecule has 0 aromatic rings. The quantitative estimate of drug-likeness (QED) is 0.831. The van der Waals surface area contributed by atoms with Crippen LogP contribution in [0.5, 0.6) is 0 Å². The normalized spacial score (nSPS) is 30.1. The summed E-state index contributed by atoms with van der Waals surface area (Å²) in [5, 5.41) is 3.45. The van der Waals surface area contributed by atoms with E-state index in [1.54, 1.807) is 6.20 Å². The van der Waals surface area contributed by atoms with E-state index in [2.05, 4.69) is 60.2 Å². The minimum Gasteiger partial charge on any atom is -0.405 e. The van der Waals surface area contributed by atoms with Crippen molar-refractivity contribution in [3.63, 3.8) is 0 Å². The van der Waals surface area contributed by atoms with Crippen molar-refractivity contribution in [2.24, 2.45) is 5.73 Å². The van der Waals surface area contributed by atoms with Crippen molar-refractivity contribution in [3.05, 3.63) is 83.2 Å². The van der Waals surface area contributed by atoms with E-state index >= 15 is 0 Å². The van der Waals surface area contributed by atoms with Gasteiger partial charge in [0.1, 0.15) is 0 Å². The van der Waals surface area contributed by atoms with Crippen molar-refractivity contribution in [1.29, 1.82) is 0 Å². The van der Waals surface area contributed by atoms with Crippen LogP contribution in [0.2, 0.25) is 0 Å². The minimum atomic E-state index is 0.485. The van der Waals surface area contributed by atoms with E-state index in [1.165, 1.54) is 22.3 Å². The van der Waals surface area contributed by atoms with Crippen LogP contribution in [0, 0.1) is 0 Å². The summed E-state index contributed by atoms with van der Waals surface area (Å²) in [6, 6.07) is 0.485. The lowest BCUT2D eigenvalue weighted by atomic mass is 9.93. The van der Waals surface area contributed by atoms with E-state index in [0.717, 1.165) is 44.6 Å². The lowest BCUT2D eigenvalue weighted by Crippen LogP contribution is -2.49. The predicted octanol–water partition coefficient (Wildman–Crippen LogP) is 3.38. The Kier molecular flexibility index (Phi) is 5.90. The minimum absolute atomic E-state index is 0.485. The molecule has 25 heavy (non-hydrogen) atoms. The van der Waals surface area contributed by atoms with E-state index in [1.807, 2.05) is 6.08 Å². The van der Waals surface area contributed by atoms with Crippen LogP contribution < -0.4 is 11.1 Å². The lowest BCUT2D eigenvalue weighted by molar-refractivity contribution is 0.196. The second-order valence-corrected chi connectivity index (χ2v) is 6.74. The summed E-state index contributed by atoms with van der Waals surface area (Å²) in [5.74, 6) is 0. The summed E-state index contributed by atoms with van der Waals surface area (Å²) >= 11 is 0. The molecule has 3 nitrogen and oxygen atoms in total. The molecule has 132 valence electrons. The Morgan fingerprint density at radius 3 is 2.80 bits per heavy atom. The van der Waals surface area contributed by atoms with Gasteiger partial charge < -0.3 is 11.1 Å². The molecule has 3 aliphatic rings. The average Bonchev–Trinajstić information content (AvgIpc) is 2.96. The molecule has 1 atom stereocenters. The highest BCUT2D eigenvalue weighted by Gasteiger charge is 2.26. The Balaban J connectivity index is 1.86. The maximum atomic E-state index is 5.51. The zero-order valence-corrected chi connectivity index (χ0v) is 15.2. The topological polar surface area (TPSA) is 41.3 Å². The number of hydrogen-bond donors (Lipinski definition) is 2. The average molecular weight is 335 g/mol. The summed E-state index contributed by atoms with van der Waals surface area (Å²) < 4.78 is 0. The van der Waals surface area contributed by atoms with Crippen molar-refractivity contribution in [1.82, 2.24) is 10.2 Å². The van der Waals surface area contributed by atoms with Gasteiger partial charge in [0.05, 0.1) is 0 Å². The molecule has 0 bridgehead atoms. The van der Waals surface area contributed by atoms with Gasteiger partial charge in [0.25, 0.3) is 0 Å². The van der Waals surface area contributed by atoms with Gasteiger partial charge in [0.15, 0.2) is 0 Å². The van der Waals surface area contributed by atoms with Gasteiger partial charge in [-0.2, -0.15) is 0 Å². The first-order chi connectivity index (χ1) is 12.2. The van der Waals surface area contributed by atoms with Gasteiger partial charge >= 0.3 is 0 Å². The Morgan fingerprint density at radius 1 is 1.28 bits per heavy atom. The van der Waals surface area contributed by atoms with E-state index in [9.17, 15) is 0 Å². The summed E-state index contributed by atoms with van der Waals surface area (Å²) in [6.45, 7) is 10.8. The second kappa shape index (κ2) is 8.32. The molecule has 3 N–H and O–H groups in total. The van der Waals surface area contributed by atoms with Gasteiger partial charge in [0, 0.05) is 32.2 Å². The van der Waals surface area contributed by atoms with Crippen LogP contribution in [0.15, 0.2) is 83.2 Å². The molecule has 1 saturated carbocycles. The highest BCUT2D eigenvalue weighted by atomic mass is 15.2. The monoisotopic (exact) mass is 335 g/mol. The fraction of sp³-hybridized carbons (Fsp3) is 0.364. The van der Waals surface area contributed by atoms with E-state index in [4.69, 9.17) is 5.73 Å². The van der Waals surface area contributed by atoms with Gasteiger partial charge in [-0.1, -0.05) is 43.0 Å². The highest BCUT2D eigenvalue weighted by molar-refractivity contribution is 5.65. The number of hydrogen-bond acceptors (Lipinski definition) is 3. The standard InChI is InChI=1S/C22H29N3/c1-3-18-15-20(17(2)21(18)8-6-10-23)16-19-7-4-5-9-22(19)25-13-11-24-12-14-25/h3-8,10,16,22,24H,2,9,11-15,23H2,1H3/b10-6+,18-3-,20-16+,21-8-. The van der Waals surface area contributed by atoms with Crippen LogP contribution in [0.25, 0.3) is 0 Å². The van der Waals surface area contributed by atoms with Crippen molar-refractivity contribution in [2.45, 2.75) is 25.8 Å². The zero-order valence-electron chi connectivity index (χ0n) is 15.2. The molecule has 0 aromatic carbocycles. The van der Waals surface area contributed by atoms with E-state index in [-0.39, 0.29) is 0 Å². The third-order valence-electron chi connectivity index (χ3n) is 5.26. The van der Waals surface area contributed by atoms with Gasteiger partial charge in [-0.25, -0.2) is 0 Å². The van der Waals surface area contributed by atoms with Gasteiger partial charge in [0.2, 0.25) is 0 Å². The first-order valence-electron chi connectivity index (χ1n) is 9.20. The molecule has 2 aliphatic carbocycles. The van der Waals surface area contributed by atoms with Gasteiger partial charge in [-0.3, -0.25) is 4.90 Å². The van der Waals surface area contributed by atoms with E-state index < -0.39 is 0 Å². The fourth-order valence-electron chi connectivity index (χ4n) is 3.86. The molecule has 1 unspecified atom stereocenters. The molecule has 1 aliphatic heterocycles. The largest absolute Gasteiger partial charge is 0.405 e. The van der Waals surface area contributed by atoms with Crippen LogP contribution in [-0.4, -0.2) is 37.1 Å². The number of nitrogens with one attached hydrogen (secondary N) is 1. The summed E-state index contributed by atoms with van der Waals surface area (Å²) in [7, 11) is 0. The number of rotatable bonds is 3. The molecule has 1 saturated heterocycles. The number of nitrogens with zero attached hydrogens (tertiary/aromatic N) is 1. The Labute approximate surface area is 151 Å². The molecule has 0 amide bonds. The maximum Gasteiger partial charge on any atom is 0.0383 e. The van der Waals surface area contributed by atoms with Gasteiger partial charge in [-0.05, 0) is 59.9 Å². The highest BCUT2D eigenvalue weighted by Crippen LogP contribution is 2.40. The van der Waals surface area contributed by atoms with E-state index in [0.29, 0.717) is 6.04 Å². The van der Waals surface area contributed by atoms with Gasteiger partial charge in [-0.15, -0.1) is 0 Å². The summed E-state index contributed by atoms with van der Waals surface area (Å²) in [5.41, 5.74) is 11.9. The van der Waals surface area contributed by atoms with Crippen molar-refractivity contribution >= 4 is 0 Å². The maximum absolute atomic E-state index is 5.51. The fourth-order valence-corrected chi connectivity index (χ4v) is 3.86. The third kappa shape index (κ3) is 3.94. The Bertz CT molecular complexity index is 695. The van der Waals surface area contributed by atoms with Crippen LogP contribution in [0.4, 0.5) is 0 Å². The Morgan fingerprint density at radius 2 is 2.08 bits per heavy atom. The predicted molar refractivity (Wildman–Crippen MR) is 107 cm³/mol. The molecular formula is C22H29N3. The third-order valence-corrected chi connectivity index (χ3v) is 5.26. The molecule has 2 fully saturated rings. The molecule has 3 rings (SSSR count). The van der Waals surface area contributed by atoms with Crippen molar-refractivity contribution in [2.75, 3.05) is 26.2 Å². The number of piperazine rings is 1. The van der Waals surface area contributed by atoms with Crippen LogP contribution >= 0.6 is 0 Å². The first-order valence-corrected chi connectivity index (χ1v) is 9.20. The van der Waals surface area contributed by atoms with Crippen molar-refractivity contribution < 1.29 is 0 Å².